The second-order valence-electron chi connectivity index (χ2n) is 8.32. The molecule has 1 saturated carbocycles. The molecule has 0 unspecified atom stereocenters. The molecule has 9 heteroatoms. The third-order valence-electron chi connectivity index (χ3n) is 5.25. The third kappa shape index (κ3) is 9.07. The summed E-state index contributed by atoms with van der Waals surface area (Å²) in [5, 5.41) is 6.83. The number of ether oxygens (including phenoxy) is 1. The first-order chi connectivity index (χ1) is 13.8. The molecule has 7 nitrogen and oxygen atoms in total. The zero-order valence-corrected chi connectivity index (χ0v) is 21.7. The monoisotopic (exact) mass is 552 g/mol. The van der Waals surface area contributed by atoms with Gasteiger partial charge in [-0.05, 0) is 55.7 Å². The predicted octanol–water partition coefficient (Wildman–Crippen LogP) is 3.25. The van der Waals surface area contributed by atoms with E-state index < -0.39 is 10.0 Å². The Morgan fingerprint density at radius 1 is 1.27 bits per heavy atom. The Morgan fingerprint density at radius 2 is 1.97 bits per heavy atom. The quantitative estimate of drug-likeness (QED) is 0.189. The van der Waals surface area contributed by atoms with Crippen LogP contribution in [0.5, 0.6) is 0 Å². The largest absolute Gasteiger partial charge is 0.383 e. The number of hydrogen-bond donors (Lipinski definition) is 3. The van der Waals surface area contributed by atoms with Crippen LogP contribution in [0.25, 0.3) is 0 Å². The molecule has 3 N–H and O–H groups in total. The molecular weight excluding hydrogens is 515 g/mol. The lowest BCUT2D eigenvalue weighted by Gasteiger charge is -2.35. The number of benzene rings is 1. The Kier molecular flexibility index (Phi) is 11.6. The van der Waals surface area contributed by atoms with Gasteiger partial charge in [0.25, 0.3) is 0 Å². The summed E-state index contributed by atoms with van der Waals surface area (Å²) < 4.78 is 32.2. The zero-order chi connectivity index (χ0) is 21.3. The van der Waals surface area contributed by atoms with E-state index in [2.05, 4.69) is 34.2 Å². The second-order valence-corrected chi connectivity index (χ2v) is 10.1. The maximum Gasteiger partial charge on any atom is 0.240 e. The molecule has 0 saturated heterocycles. The van der Waals surface area contributed by atoms with E-state index in [1.807, 2.05) is 13.0 Å². The maximum atomic E-state index is 12.4. The Labute approximate surface area is 198 Å². The first-order valence-corrected chi connectivity index (χ1v) is 11.9. The van der Waals surface area contributed by atoms with Gasteiger partial charge in [0, 0.05) is 26.2 Å². The molecule has 1 fully saturated rings. The Hall–Kier alpha value is -0.910. The van der Waals surface area contributed by atoms with Crippen LogP contribution in [0.3, 0.4) is 0 Å². The average Bonchev–Trinajstić information content (AvgIpc) is 2.68. The normalized spacial score (nSPS) is 17.3. The SMILES string of the molecule is CCNC(=NCc1cccc(S(=O)(=O)NCCOC)c1)NC1CCC(C)(C)CC1.I. The van der Waals surface area contributed by atoms with Crippen molar-refractivity contribution < 1.29 is 13.2 Å². The highest BCUT2D eigenvalue weighted by molar-refractivity contribution is 14.0. The van der Waals surface area contributed by atoms with Crippen LogP contribution in [0.2, 0.25) is 0 Å². The number of rotatable bonds is 9. The van der Waals surface area contributed by atoms with Crippen molar-refractivity contribution in [2.75, 3.05) is 26.8 Å². The van der Waals surface area contributed by atoms with Crippen LogP contribution < -0.4 is 15.4 Å². The maximum absolute atomic E-state index is 12.4. The number of guanidine groups is 1. The standard InChI is InChI=1S/C21H36N4O3S.HI/c1-5-22-20(25-18-9-11-21(2,3)12-10-18)23-16-17-7-6-8-19(15-17)29(26,27)24-13-14-28-4;/h6-8,15,18,24H,5,9-14,16H2,1-4H3,(H2,22,23,25);1H. The highest BCUT2D eigenvalue weighted by Crippen LogP contribution is 2.34. The molecule has 0 spiro atoms. The van der Waals surface area contributed by atoms with E-state index in [1.165, 1.54) is 20.0 Å². The molecule has 0 radical (unpaired) electrons. The highest BCUT2D eigenvalue weighted by Gasteiger charge is 2.27. The lowest BCUT2D eigenvalue weighted by Crippen LogP contribution is -2.45. The molecule has 0 aliphatic heterocycles. The van der Waals surface area contributed by atoms with Gasteiger partial charge in [-0.3, -0.25) is 0 Å². The van der Waals surface area contributed by atoms with E-state index in [-0.39, 0.29) is 35.4 Å². The first kappa shape index (κ1) is 27.1. The van der Waals surface area contributed by atoms with Crippen LogP contribution in [0.4, 0.5) is 0 Å². The minimum Gasteiger partial charge on any atom is -0.383 e. The van der Waals surface area contributed by atoms with Crippen LogP contribution in [-0.4, -0.2) is 47.2 Å². The molecule has 172 valence electrons. The van der Waals surface area contributed by atoms with Crippen LogP contribution >= 0.6 is 24.0 Å². The van der Waals surface area contributed by atoms with E-state index in [9.17, 15) is 8.42 Å². The molecular formula is C21H37IN4O3S. The fourth-order valence-electron chi connectivity index (χ4n) is 3.40. The fraction of sp³-hybridized carbons (Fsp3) is 0.667. The lowest BCUT2D eigenvalue weighted by atomic mass is 9.75. The lowest BCUT2D eigenvalue weighted by molar-refractivity contribution is 0.204. The second kappa shape index (κ2) is 12.8. The number of nitrogens with one attached hydrogen (secondary N) is 3. The van der Waals surface area contributed by atoms with E-state index in [0.717, 1.165) is 30.9 Å². The van der Waals surface area contributed by atoms with E-state index in [1.54, 1.807) is 18.2 Å². The van der Waals surface area contributed by atoms with Gasteiger partial charge >= 0.3 is 0 Å². The first-order valence-electron chi connectivity index (χ1n) is 10.4. The van der Waals surface area contributed by atoms with Crippen molar-refractivity contribution in [2.24, 2.45) is 10.4 Å². The molecule has 30 heavy (non-hydrogen) atoms. The van der Waals surface area contributed by atoms with Crippen molar-refractivity contribution >= 4 is 40.0 Å². The van der Waals surface area contributed by atoms with Crippen molar-refractivity contribution in [2.45, 2.75) is 63.9 Å². The smallest absolute Gasteiger partial charge is 0.240 e. The number of methoxy groups -OCH3 is 1. The van der Waals surface area contributed by atoms with Crippen molar-refractivity contribution in [3.8, 4) is 0 Å². The minimum atomic E-state index is -3.55. The summed E-state index contributed by atoms with van der Waals surface area (Å²) in [5.74, 6) is 0.781. The van der Waals surface area contributed by atoms with Gasteiger partial charge in [-0.1, -0.05) is 26.0 Å². The van der Waals surface area contributed by atoms with Crippen molar-refractivity contribution in [1.29, 1.82) is 0 Å². The van der Waals surface area contributed by atoms with Gasteiger partial charge in [0.2, 0.25) is 10.0 Å². The summed E-state index contributed by atoms with van der Waals surface area (Å²) in [4.78, 5) is 4.92. The number of hydrogen-bond acceptors (Lipinski definition) is 4. The van der Waals surface area contributed by atoms with Crippen LogP contribution in [0.15, 0.2) is 34.2 Å². The van der Waals surface area contributed by atoms with Crippen molar-refractivity contribution in [3.63, 3.8) is 0 Å². The van der Waals surface area contributed by atoms with Crippen molar-refractivity contribution in [3.05, 3.63) is 29.8 Å². The molecule has 0 bridgehead atoms. The van der Waals surface area contributed by atoms with Gasteiger partial charge in [-0.15, -0.1) is 24.0 Å². The molecule has 0 amide bonds. The summed E-state index contributed by atoms with van der Waals surface area (Å²) in [7, 11) is -2.01. The van der Waals surface area contributed by atoms with E-state index in [0.29, 0.717) is 24.6 Å². The number of aliphatic imine (C=N–C) groups is 1. The molecule has 0 heterocycles. The summed E-state index contributed by atoms with van der Waals surface area (Å²) in [5.41, 5.74) is 1.28. The van der Waals surface area contributed by atoms with Crippen LogP contribution in [-0.2, 0) is 21.3 Å². The third-order valence-corrected chi connectivity index (χ3v) is 6.71. The Morgan fingerprint density at radius 3 is 2.60 bits per heavy atom. The van der Waals surface area contributed by atoms with Crippen molar-refractivity contribution in [1.82, 2.24) is 15.4 Å². The van der Waals surface area contributed by atoms with Gasteiger partial charge in [-0.25, -0.2) is 18.1 Å². The van der Waals surface area contributed by atoms with Gasteiger partial charge in [0.15, 0.2) is 5.96 Å². The fourth-order valence-corrected chi connectivity index (χ4v) is 4.48. The molecule has 1 aliphatic rings. The Bertz CT molecular complexity index is 774. The number of sulfonamides is 1. The molecule has 0 atom stereocenters. The Balaban J connectivity index is 0.00000450. The molecule has 1 aromatic carbocycles. The van der Waals surface area contributed by atoms with Gasteiger partial charge in [-0.2, -0.15) is 0 Å². The number of halogens is 1. The van der Waals surface area contributed by atoms with Gasteiger partial charge < -0.3 is 15.4 Å². The molecule has 1 aliphatic carbocycles. The predicted molar refractivity (Wildman–Crippen MR) is 133 cm³/mol. The highest BCUT2D eigenvalue weighted by atomic mass is 127. The van der Waals surface area contributed by atoms with Crippen LogP contribution in [0.1, 0.15) is 52.0 Å². The topological polar surface area (TPSA) is 91.8 Å². The summed E-state index contributed by atoms with van der Waals surface area (Å²) >= 11 is 0. The molecule has 1 aromatic rings. The van der Waals surface area contributed by atoms with Gasteiger partial charge in [0.05, 0.1) is 18.0 Å². The molecule has 0 aromatic heterocycles. The van der Waals surface area contributed by atoms with Gasteiger partial charge in [0.1, 0.15) is 0 Å². The summed E-state index contributed by atoms with van der Waals surface area (Å²) in [6, 6.07) is 7.34. The number of nitrogens with zero attached hydrogens (tertiary/aromatic N) is 1. The van der Waals surface area contributed by atoms with E-state index >= 15 is 0 Å². The summed E-state index contributed by atoms with van der Waals surface area (Å²) in [6.45, 7) is 8.46. The summed E-state index contributed by atoms with van der Waals surface area (Å²) in [6.07, 6.45) is 4.69. The zero-order valence-electron chi connectivity index (χ0n) is 18.5. The molecule has 2 rings (SSSR count). The van der Waals surface area contributed by atoms with Crippen LogP contribution in [0, 0.1) is 5.41 Å². The van der Waals surface area contributed by atoms with E-state index in [4.69, 9.17) is 4.74 Å². The average molecular weight is 553 g/mol. The minimum absolute atomic E-state index is 0.